The molecule has 4 rings (SSSR count). The van der Waals surface area contributed by atoms with Crippen LogP contribution in [0.2, 0.25) is 0 Å². The first-order valence-electron chi connectivity index (χ1n) is 9.44. The number of nitrogens with zero attached hydrogens (tertiary/aromatic N) is 2. The van der Waals surface area contributed by atoms with E-state index in [9.17, 15) is 14.7 Å². The van der Waals surface area contributed by atoms with E-state index in [2.05, 4.69) is 4.98 Å². The number of aromatic nitrogens is 1. The summed E-state index contributed by atoms with van der Waals surface area (Å²) in [5, 5.41) is 11.1. The highest BCUT2D eigenvalue weighted by Crippen LogP contribution is 2.44. The number of rotatable bonds is 4. The summed E-state index contributed by atoms with van der Waals surface area (Å²) in [6.07, 6.45) is 3.19. The number of aliphatic hydroxyl groups excluding tert-OH is 1. The highest BCUT2D eigenvalue weighted by Gasteiger charge is 2.47. The van der Waals surface area contributed by atoms with Gasteiger partial charge in [-0.2, -0.15) is 0 Å². The van der Waals surface area contributed by atoms with Crippen LogP contribution in [0.1, 0.15) is 22.7 Å². The summed E-state index contributed by atoms with van der Waals surface area (Å²) < 4.78 is 5.42. The molecule has 0 bridgehead atoms. The number of ketones is 1. The van der Waals surface area contributed by atoms with Crippen molar-refractivity contribution in [3.63, 3.8) is 0 Å². The summed E-state index contributed by atoms with van der Waals surface area (Å²) in [5.74, 6) is -1.27. The van der Waals surface area contributed by atoms with Gasteiger partial charge in [-0.3, -0.25) is 19.5 Å². The normalized spacial score (nSPS) is 17.9. The molecule has 1 fully saturated rings. The number of amides is 1. The van der Waals surface area contributed by atoms with Gasteiger partial charge in [-0.05, 0) is 30.7 Å². The average molecular weight is 400 g/mol. The van der Waals surface area contributed by atoms with Crippen molar-refractivity contribution in [3.8, 4) is 5.75 Å². The van der Waals surface area contributed by atoms with E-state index in [1.165, 1.54) is 12.0 Å². The van der Waals surface area contributed by atoms with Crippen molar-refractivity contribution in [3.05, 3.63) is 95.3 Å². The van der Waals surface area contributed by atoms with Crippen LogP contribution in [0.3, 0.4) is 0 Å². The van der Waals surface area contributed by atoms with Crippen LogP contribution in [0.5, 0.6) is 5.75 Å². The molecule has 1 aliphatic heterocycles. The Morgan fingerprint density at radius 2 is 1.77 bits per heavy atom. The maximum Gasteiger partial charge on any atom is 0.300 e. The van der Waals surface area contributed by atoms with Crippen molar-refractivity contribution < 1.29 is 19.4 Å². The molecule has 0 aliphatic carbocycles. The highest BCUT2D eigenvalue weighted by molar-refractivity contribution is 6.51. The lowest BCUT2D eigenvalue weighted by atomic mass is 9.96. The molecule has 6 nitrogen and oxygen atoms in total. The summed E-state index contributed by atoms with van der Waals surface area (Å²) in [6, 6.07) is 16.8. The molecule has 1 aliphatic rings. The number of ether oxygens (including phenoxy) is 1. The Hall–Kier alpha value is -3.93. The number of anilines is 1. The monoisotopic (exact) mass is 400 g/mol. The molecule has 0 radical (unpaired) electrons. The van der Waals surface area contributed by atoms with Crippen LogP contribution in [0, 0.1) is 6.92 Å². The number of methoxy groups -OCH3 is 1. The summed E-state index contributed by atoms with van der Waals surface area (Å²) in [5.41, 5.74) is 2.55. The molecule has 150 valence electrons. The molecule has 0 saturated carbocycles. The van der Waals surface area contributed by atoms with Crippen LogP contribution in [-0.4, -0.2) is 28.9 Å². The van der Waals surface area contributed by atoms with E-state index in [0.29, 0.717) is 22.6 Å². The molecule has 3 aromatic rings. The van der Waals surface area contributed by atoms with Crippen molar-refractivity contribution in [2.45, 2.75) is 13.0 Å². The largest absolute Gasteiger partial charge is 0.507 e. The van der Waals surface area contributed by atoms with Crippen molar-refractivity contribution in [2.75, 3.05) is 12.0 Å². The van der Waals surface area contributed by atoms with Crippen LogP contribution in [0.25, 0.3) is 5.76 Å². The van der Waals surface area contributed by atoms with E-state index in [0.717, 1.165) is 5.56 Å². The van der Waals surface area contributed by atoms with E-state index in [1.807, 2.05) is 19.1 Å². The van der Waals surface area contributed by atoms with E-state index >= 15 is 0 Å². The molecule has 30 heavy (non-hydrogen) atoms. The molecule has 0 spiro atoms. The molecular formula is C24H20N2O4. The zero-order valence-corrected chi connectivity index (χ0v) is 16.6. The quantitative estimate of drug-likeness (QED) is 0.406. The number of hydrogen-bond acceptors (Lipinski definition) is 5. The second-order valence-corrected chi connectivity index (χ2v) is 6.99. The standard InChI is InChI=1S/C24H20N2O4/c1-15-9-11-16(12-10-15)22(27)20-21(17-6-5-13-25-14-17)26(24(29)23(20)28)18-7-3-4-8-19(18)30-2/h3-14,21,27H,1-2H3/b22-20+. The zero-order chi connectivity index (χ0) is 21.3. The fourth-order valence-corrected chi connectivity index (χ4v) is 3.63. The molecule has 6 heteroatoms. The fourth-order valence-electron chi connectivity index (χ4n) is 3.63. The third-order valence-corrected chi connectivity index (χ3v) is 5.11. The Labute approximate surface area is 174 Å². The van der Waals surface area contributed by atoms with Gasteiger partial charge in [0.05, 0.1) is 24.4 Å². The Bertz CT molecular complexity index is 1140. The summed E-state index contributed by atoms with van der Waals surface area (Å²) in [7, 11) is 1.50. The molecular weight excluding hydrogens is 380 g/mol. The third kappa shape index (κ3) is 3.22. The van der Waals surface area contributed by atoms with Crippen molar-refractivity contribution in [1.82, 2.24) is 4.98 Å². The van der Waals surface area contributed by atoms with Crippen LogP contribution in [0.15, 0.2) is 78.6 Å². The van der Waals surface area contributed by atoms with Gasteiger partial charge >= 0.3 is 0 Å². The smallest absolute Gasteiger partial charge is 0.300 e. The minimum Gasteiger partial charge on any atom is -0.507 e. The van der Waals surface area contributed by atoms with E-state index in [4.69, 9.17) is 4.74 Å². The minimum absolute atomic E-state index is 0.0164. The lowest BCUT2D eigenvalue weighted by Gasteiger charge is -2.26. The van der Waals surface area contributed by atoms with Gasteiger partial charge < -0.3 is 9.84 Å². The SMILES string of the molecule is COc1ccccc1N1C(=O)C(=O)/C(=C(/O)c2ccc(C)cc2)C1c1cccnc1. The predicted octanol–water partition coefficient (Wildman–Crippen LogP) is 4.02. The maximum atomic E-state index is 13.1. The first kappa shape index (κ1) is 19.4. The lowest BCUT2D eigenvalue weighted by molar-refractivity contribution is -0.132. The number of carbonyl (C=O) groups excluding carboxylic acids is 2. The lowest BCUT2D eigenvalue weighted by Crippen LogP contribution is -2.29. The van der Waals surface area contributed by atoms with E-state index < -0.39 is 17.7 Å². The Morgan fingerprint density at radius 3 is 2.43 bits per heavy atom. The molecule has 1 aromatic heterocycles. The van der Waals surface area contributed by atoms with Gasteiger partial charge in [-0.1, -0.05) is 48.0 Å². The Morgan fingerprint density at radius 1 is 1.03 bits per heavy atom. The highest BCUT2D eigenvalue weighted by atomic mass is 16.5. The molecule has 1 unspecified atom stereocenters. The number of aryl methyl sites for hydroxylation is 1. The topological polar surface area (TPSA) is 79.7 Å². The summed E-state index contributed by atoms with van der Waals surface area (Å²) in [6.45, 7) is 1.93. The van der Waals surface area contributed by atoms with Crippen LogP contribution < -0.4 is 9.64 Å². The van der Waals surface area contributed by atoms with E-state index in [-0.39, 0.29) is 11.3 Å². The summed E-state index contributed by atoms with van der Waals surface area (Å²) >= 11 is 0. The number of pyridine rings is 1. The molecule has 1 amide bonds. The average Bonchev–Trinajstić information content (AvgIpc) is 3.05. The number of hydrogen-bond donors (Lipinski definition) is 1. The summed E-state index contributed by atoms with van der Waals surface area (Å²) in [4.78, 5) is 31.7. The second kappa shape index (κ2) is 7.83. The first-order chi connectivity index (χ1) is 14.5. The number of para-hydroxylation sites is 2. The molecule has 2 heterocycles. The van der Waals surface area contributed by atoms with Crippen molar-refractivity contribution in [1.29, 1.82) is 0 Å². The van der Waals surface area contributed by atoms with Crippen molar-refractivity contribution in [2.24, 2.45) is 0 Å². The van der Waals surface area contributed by atoms with Crippen LogP contribution >= 0.6 is 0 Å². The maximum absolute atomic E-state index is 13.1. The Balaban J connectivity index is 1.96. The van der Waals surface area contributed by atoms with Gasteiger partial charge in [0.25, 0.3) is 11.7 Å². The van der Waals surface area contributed by atoms with Gasteiger partial charge in [0.2, 0.25) is 0 Å². The first-order valence-corrected chi connectivity index (χ1v) is 9.44. The molecule has 1 saturated heterocycles. The molecule has 2 aromatic carbocycles. The number of aliphatic hydroxyl groups is 1. The number of Topliss-reactive ketones (excluding diaryl/α,β-unsaturated/α-hetero) is 1. The predicted molar refractivity (Wildman–Crippen MR) is 113 cm³/mol. The van der Waals surface area contributed by atoms with E-state index in [1.54, 1.807) is 60.9 Å². The molecule has 1 N–H and O–H groups in total. The fraction of sp³-hybridized carbons (Fsp3) is 0.125. The number of benzene rings is 2. The second-order valence-electron chi connectivity index (χ2n) is 6.99. The van der Waals surface area contributed by atoms with Gasteiger partial charge in [-0.25, -0.2) is 0 Å². The van der Waals surface area contributed by atoms with Gasteiger partial charge in [0.1, 0.15) is 11.5 Å². The van der Waals surface area contributed by atoms with Gasteiger partial charge in [0, 0.05) is 18.0 Å². The van der Waals surface area contributed by atoms with Crippen LogP contribution in [-0.2, 0) is 9.59 Å². The third-order valence-electron chi connectivity index (χ3n) is 5.11. The Kier molecular flexibility index (Phi) is 5.06. The van der Waals surface area contributed by atoms with Gasteiger partial charge in [0.15, 0.2) is 0 Å². The van der Waals surface area contributed by atoms with Crippen molar-refractivity contribution >= 4 is 23.1 Å². The zero-order valence-electron chi connectivity index (χ0n) is 16.6. The molecule has 1 atom stereocenters. The van der Waals surface area contributed by atoms with Gasteiger partial charge in [-0.15, -0.1) is 0 Å². The minimum atomic E-state index is -0.837. The number of carbonyl (C=O) groups is 2. The van der Waals surface area contributed by atoms with Crippen LogP contribution in [0.4, 0.5) is 5.69 Å².